The van der Waals surface area contributed by atoms with Crippen molar-refractivity contribution in [2.75, 3.05) is 18.4 Å². The number of rotatable bonds is 3. The average molecular weight is 399 g/mol. The SMILES string of the molecule is NC(=O)N1CCC[C@@H](Nc2nnc(-c3ccc(Cl)cc3O)c3ccncc23)C1. The zero-order valence-corrected chi connectivity index (χ0v) is 15.7. The smallest absolute Gasteiger partial charge is 0.314 e. The first-order valence-corrected chi connectivity index (χ1v) is 9.31. The van der Waals surface area contributed by atoms with Gasteiger partial charge >= 0.3 is 6.03 Å². The van der Waals surface area contributed by atoms with Crippen LogP contribution < -0.4 is 11.1 Å². The van der Waals surface area contributed by atoms with Gasteiger partial charge in [-0.3, -0.25) is 4.98 Å². The summed E-state index contributed by atoms with van der Waals surface area (Å²) in [6, 6.07) is 6.30. The van der Waals surface area contributed by atoms with Crippen molar-refractivity contribution in [1.82, 2.24) is 20.1 Å². The lowest BCUT2D eigenvalue weighted by Crippen LogP contribution is -2.47. The Labute approximate surface area is 166 Å². The number of hydrogen-bond acceptors (Lipinski definition) is 6. The van der Waals surface area contributed by atoms with Gasteiger partial charge in [-0.15, -0.1) is 10.2 Å². The molecule has 1 saturated heterocycles. The molecule has 8 nitrogen and oxygen atoms in total. The molecule has 0 spiro atoms. The maximum atomic E-state index is 11.5. The average Bonchev–Trinajstić information content (AvgIpc) is 2.69. The molecular weight excluding hydrogens is 380 g/mol. The molecule has 28 heavy (non-hydrogen) atoms. The molecule has 144 valence electrons. The van der Waals surface area contributed by atoms with Gasteiger partial charge in [0, 0.05) is 52.9 Å². The number of aromatic nitrogens is 3. The fourth-order valence-corrected chi connectivity index (χ4v) is 3.66. The Morgan fingerprint density at radius 3 is 2.93 bits per heavy atom. The van der Waals surface area contributed by atoms with Gasteiger partial charge in [-0.1, -0.05) is 11.6 Å². The van der Waals surface area contributed by atoms with Gasteiger partial charge in [-0.25, -0.2) is 4.79 Å². The predicted molar refractivity (Wildman–Crippen MR) is 107 cm³/mol. The second-order valence-electron chi connectivity index (χ2n) is 6.75. The van der Waals surface area contributed by atoms with Crippen LogP contribution >= 0.6 is 11.6 Å². The number of carbonyl (C=O) groups excluding carboxylic acids is 1. The van der Waals surface area contributed by atoms with Crippen LogP contribution in [0.1, 0.15) is 12.8 Å². The zero-order valence-electron chi connectivity index (χ0n) is 15.0. The Balaban J connectivity index is 1.71. The number of nitrogens with zero attached hydrogens (tertiary/aromatic N) is 4. The molecule has 0 radical (unpaired) electrons. The number of halogens is 1. The summed E-state index contributed by atoms with van der Waals surface area (Å²) in [6.45, 7) is 1.18. The minimum absolute atomic E-state index is 0.0220. The summed E-state index contributed by atoms with van der Waals surface area (Å²) < 4.78 is 0. The topological polar surface area (TPSA) is 117 Å². The minimum atomic E-state index is -0.419. The summed E-state index contributed by atoms with van der Waals surface area (Å²) in [4.78, 5) is 17.3. The number of hydrogen-bond donors (Lipinski definition) is 3. The third-order valence-electron chi connectivity index (χ3n) is 4.87. The molecule has 1 atom stereocenters. The van der Waals surface area contributed by atoms with Gasteiger partial charge in [0.25, 0.3) is 0 Å². The molecule has 9 heteroatoms. The Kier molecular flexibility index (Phi) is 4.87. The molecule has 4 N–H and O–H groups in total. The van der Waals surface area contributed by atoms with Crippen molar-refractivity contribution in [3.05, 3.63) is 41.7 Å². The van der Waals surface area contributed by atoms with Crippen LogP contribution in [-0.2, 0) is 0 Å². The van der Waals surface area contributed by atoms with Crippen molar-refractivity contribution in [3.8, 4) is 17.0 Å². The van der Waals surface area contributed by atoms with Crippen molar-refractivity contribution in [3.63, 3.8) is 0 Å². The third-order valence-corrected chi connectivity index (χ3v) is 5.11. The van der Waals surface area contributed by atoms with Crippen LogP contribution in [-0.4, -0.2) is 50.4 Å². The maximum absolute atomic E-state index is 11.5. The molecule has 3 aromatic rings. The van der Waals surface area contributed by atoms with Crippen LogP contribution in [0.5, 0.6) is 5.75 Å². The minimum Gasteiger partial charge on any atom is -0.507 e. The van der Waals surface area contributed by atoms with E-state index in [2.05, 4.69) is 20.5 Å². The number of phenolic OH excluding ortho intramolecular Hbond substituents is 1. The number of pyridine rings is 1. The molecule has 1 aromatic carbocycles. The Hall–Kier alpha value is -3.13. The van der Waals surface area contributed by atoms with E-state index in [0.29, 0.717) is 35.2 Å². The number of primary amides is 1. The molecule has 3 heterocycles. The van der Waals surface area contributed by atoms with Crippen LogP contribution in [0.3, 0.4) is 0 Å². The van der Waals surface area contributed by atoms with Crippen LogP contribution in [0.25, 0.3) is 22.0 Å². The molecule has 2 aromatic heterocycles. The van der Waals surface area contributed by atoms with Gasteiger partial charge in [0.1, 0.15) is 11.4 Å². The molecule has 0 bridgehead atoms. The van der Waals surface area contributed by atoms with Crippen LogP contribution in [0.4, 0.5) is 10.6 Å². The number of amides is 2. The lowest BCUT2D eigenvalue weighted by Gasteiger charge is -2.32. The zero-order chi connectivity index (χ0) is 19.7. The first-order valence-electron chi connectivity index (χ1n) is 8.93. The van der Waals surface area contributed by atoms with E-state index in [1.807, 2.05) is 6.07 Å². The summed E-state index contributed by atoms with van der Waals surface area (Å²) in [5.74, 6) is 0.613. The standard InChI is InChI=1S/C19H19ClN6O2/c20-11-3-4-14(16(27)8-11)17-13-5-6-22-9-15(13)18(25-24-17)23-12-2-1-7-26(10-12)19(21)28/h3-6,8-9,12,27H,1-2,7,10H2,(H2,21,28)(H,23,25)/t12-/m1/s1. The van der Waals surface area contributed by atoms with Gasteiger partial charge in [-0.05, 0) is 37.1 Å². The first kappa shape index (κ1) is 18.2. The monoisotopic (exact) mass is 398 g/mol. The fraction of sp³-hybridized carbons (Fsp3) is 0.263. The number of nitrogens with two attached hydrogens (primary N) is 1. The number of anilines is 1. The van der Waals surface area contributed by atoms with Gasteiger partial charge < -0.3 is 21.1 Å². The highest BCUT2D eigenvalue weighted by atomic mass is 35.5. The van der Waals surface area contributed by atoms with Crippen molar-refractivity contribution in [2.24, 2.45) is 5.73 Å². The number of piperidine rings is 1. The number of benzene rings is 1. The second-order valence-corrected chi connectivity index (χ2v) is 7.18. The maximum Gasteiger partial charge on any atom is 0.314 e. The van der Waals surface area contributed by atoms with Crippen molar-refractivity contribution in [1.29, 1.82) is 0 Å². The number of nitrogens with one attached hydrogen (secondary N) is 1. The number of carbonyl (C=O) groups is 1. The van der Waals surface area contributed by atoms with E-state index < -0.39 is 6.03 Å². The summed E-state index contributed by atoms with van der Waals surface area (Å²) in [5.41, 5.74) is 6.49. The molecule has 0 saturated carbocycles. The summed E-state index contributed by atoms with van der Waals surface area (Å²) in [7, 11) is 0. The second kappa shape index (κ2) is 7.47. The molecule has 1 fully saturated rings. The largest absolute Gasteiger partial charge is 0.507 e. The van der Waals surface area contributed by atoms with Crippen LogP contribution in [0, 0.1) is 0 Å². The Morgan fingerprint density at radius 1 is 1.29 bits per heavy atom. The van der Waals surface area contributed by atoms with Crippen molar-refractivity contribution >= 4 is 34.2 Å². The fourth-order valence-electron chi connectivity index (χ4n) is 3.50. The van der Waals surface area contributed by atoms with E-state index in [4.69, 9.17) is 17.3 Å². The van der Waals surface area contributed by atoms with Crippen molar-refractivity contribution < 1.29 is 9.90 Å². The first-order chi connectivity index (χ1) is 13.5. The number of aromatic hydroxyl groups is 1. The number of likely N-dealkylation sites (tertiary alicyclic amines) is 1. The van der Waals surface area contributed by atoms with Gasteiger partial charge in [0.15, 0.2) is 5.82 Å². The lowest BCUT2D eigenvalue weighted by molar-refractivity contribution is 0.192. The molecule has 0 aliphatic carbocycles. The van der Waals surface area contributed by atoms with Gasteiger partial charge in [0.2, 0.25) is 0 Å². The molecular formula is C19H19ClN6O2. The Morgan fingerprint density at radius 2 is 2.14 bits per heavy atom. The molecule has 2 amide bonds. The van der Waals surface area contributed by atoms with E-state index in [9.17, 15) is 9.90 Å². The molecule has 0 unspecified atom stereocenters. The normalized spacial score (nSPS) is 16.9. The van der Waals surface area contributed by atoms with E-state index >= 15 is 0 Å². The van der Waals surface area contributed by atoms with E-state index in [0.717, 1.165) is 23.6 Å². The highest BCUT2D eigenvalue weighted by Crippen LogP contribution is 2.35. The summed E-state index contributed by atoms with van der Waals surface area (Å²) in [5, 5.41) is 24.3. The highest BCUT2D eigenvalue weighted by molar-refractivity contribution is 6.30. The predicted octanol–water partition coefficient (Wildman–Crippen LogP) is 3.01. The van der Waals surface area contributed by atoms with E-state index in [1.165, 1.54) is 6.07 Å². The van der Waals surface area contributed by atoms with Crippen molar-refractivity contribution in [2.45, 2.75) is 18.9 Å². The summed E-state index contributed by atoms with van der Waals surface area (Å²) in [6.07, 6.45) is 5.13. The number of urea groups is 1. The quantitative estimate of drug-likeness (QED) is 0.624. The molecule has 1 aliphatic rings. The molecule has 1 aliphatic heterocycles. The molecule has 4 rings (SSSR count). The number of phenols is 1. The van der Waals surface area contributed by atoms with Gasteiger partial charge in [-0.2, -0.15) is 0 Å². The third kappa shape index (κ3) is 3.50. The van der Waals surface area contributed by atoms with Crippen LogP contribution in [0.15, 0.2) is 36.7 Å². The van der Waals surface area contributed by atoms with Crippen LogP contribution in [0.2, 0.25) is 5.02 Å². The van der Waals surface area contributed by atoms with E-state index in [-0.39, 0.29) is 11.8 Å². The Bertz CT molecular complexity index is 1040. The van der Waals surface area contributed by atoms with Gasteiger partial charge in [0.05, 0.1) is 0 Å². The summed E-state index contributed by atoms with van der Waals surface area (Å²) >= 11 is 5.94. The highest BCUT2D eigenvalue weighted by Gasteiger charge is 2.23. The lowest BCUT2D eigenvalue weighted by atomic mass is 10.0. The number of fused-ring (bicyclic) bond motifs is 1. The van der Waals surface area contributed by atoms with E-state index in [1.54, 1.807) is 29.4 Å².